The number of carbonyl (C=O) groups excluding carboxylic acids is 2. The van der Waals surface area contributed by atoms with Crippen LogP contribution in [0.25, 0.3) is 11.3 Å². The number of nitrogens with zero attached hydrogens (tertiary/aromatic N) is 2. The first kappa shape index (κ1) is 22.1. The molecule has 1 atom stereocenters. The molecular weight excluding hydrogens is 396 g/mol. The van der Waals surface area contributed by atoms with Crippen molar-refractivity contribution in [3.63, 3.8) is 0 Å². The molecule has 0 bridgehead atoms. The van der Waals surface area contributed by atoms with Crippen LogP contribution in [0, 0.1) is 5.41 Å². The third kappa shape index (κ3) is 4.04. The normalized spacial score (nSPS) is 14.2. The smallest absolute Gasteiger partial charge is 0.312 e. The lowest BCUT2D eigenvalue weighted by molar-refractivity contribution is -0.151. The number of benzene rings is 1. The summed E-state index contributed by atoms with van der Waals surface area (Å²) >= 11 is 0. The maximum Gasteiger partial charge on any atom is 0.312 e. The molecule has 2 aromatic heterocycles. The second kappa shape index (κ2) is 9.06. The van der Waals surface area contributed by atoms with Gasteiger partial charge in [-0.15, -0.1) is 0 Å². The first-order chi connectivity index (χ1) is 15.0. The lowest BCUT2D eigenvalue weighted by Gasteiger charge is -2.36. The number of hydrogen-bond donors (Lipinski definition) is 1. The van der Waals surface area contributed by atoms with Crippen LogP contribution >= 0.6 is 0 Å². The summed E-state index contributed by atoms with van der Waals surface area (Å²) in [6.45, 7) is 3.71. The largest absolute Gasteiger partial charge is 0.469 e. The van der Waals surface area contributed by atoms with Crippen molar-refractivity contribution in [2.24, 2.45) is 5.41 Å². The van der Waals surface area contributed by atoms with Gasteiger partial charge in [0.25, 0.3) is 0 Å². The van der Waals surface area contributed by atoms with E-state index >= 15 is 0 Å². The highest BCUT2D eigenvalue weighted by Crippen LogP contribution is 2.51. The monoisotopic (exact) mass is 420 g/mol. The van der Waals surface area contributed by atoms with Gasteiger partial charge in [-0.25, -0.2) is 4.98 Å². The van der Waals surface area contributed by atoms with E-state index in [1.807, 2.05) is 44.2 Å². The Morgan fingerprint density at radius 3 is 2.45 bits per heavy atom. The van der Waals surface area contributed by atoms with E-state index in [1.54, 1.807) is 24.5 Å². The number of esters is 1. The molecule has 1 aromatic carbocycles. The number of methoxy groups -OCH3 is 1. The highest BCUT2D eigenvalue weighted by Gasteiger charge is 2.45. The van der Waals surface area contributed by atoms with Gasteiger partial charge >= 0.3 is 5.97 Å². The summed E-state index contributed by atoms with van der Waals surface area (Å²) in [5.41, 5.74) is 3.02. The van der Waals surface area contributed by atoms with Crippen LogP contribution in [0.5, 0.6) is 11.6 Å². The Hall–Kier alpha value is -3.58. The van der Waals surface area contributed by atoms with E-state index in [4.69, 9.17) is 19.6 Å². The molecule has 0 aliphatic carbocycles. The fourth-order valence-corrected chi connectivity index (χ4v) is 3.79. The van der Waals surface area contributed by atoms with Crippen LogP contribution in [-0.4, -0.2) is 41.5 Å². The maximum absolute atomic E-state index is 12.6. The van der Waals surface area contributed by atoms with Gasteiger partial charge in [-0.05, 0) is 26.0 Å². The fraction of sp³-hybridized carbons (Fsp3) is 0.250. The number of fused-ring (bicyclic) bond motifs is 2. The van der Waals surface area contributed by atoms with E-state index in [0.717, 1.165) is 30.1 Å². The molecule has 3 aromatic rings. The summed E-state index contributed by atoms with van der Waals surface area (Å²) in [5.74, 6) is 0.398. The molecule has 0 amide bonds. The van der Waals surface area contributed by atoms with Crippen molar-refractivity contribution in [3.8, 4) is 22.9 Å². The summed E-state index contributed by atoms with van der Waals surface area (Å²) < 4.78 is 11.1. The summed E-state index contributed by atoms with van der Waals surface area (Å²) in [5, 5.41) is 7.00. The first-order valence-corrected chi connectivity index (χ1v) is 9.67. The van der Waals surface area contributed by atoms with Crippen molar-refractivity contribution in [1.82, 2.24) is 9.97 Å². The fourth-order valence-electron chi connectivity index (χ4n) is 3.79. The Balaban J connectivity index is 0.00000132. The van der Waals surface area contributed by atoms with Crippen molar-refractivity contribution in [2.45, 2.75) is 19.8 Å². The predicted molar refractivity (Wildman–Crippen MR) is 115 cm³/mol. The Labute approximate surface area is 180 Å². The molecule has 1 aliphatic rings. The molecule has 4 rings (SSSR count). The molecule has 7 nitrogen and oxygen atoms in total. The van der Waals surface area contributed by atoms with E-state index in [1.165, 1.54) is 7.11 Å². The van der Waals surface area contributed by atoms with Crippen molar-refractivity contribution in [3.05, 3.63) is 71.5 Å². The zero-order valence-corrected chi connectivity index (χ0v) is 17.8. The summed E-state index contributed by atoms with van der Waals surface area (Å²) in [6.07, 6.45) is 4.12. The van der Waals surface area contributed by atoms with Crippen LogP contribution in [0.3, 0.4) is 0 Å². The predicted octanol–water partition coefficient (Wildman–Crippen LogP) is 4.00. The topological polar surface area (TPSA) is 98.6 Å². The van der Waals surface area contributed by atoms with Crippen LogP contribution in [0.1, 0.15) is 41.3 Å². The summed E-state index contributed by atoms with van der Waals surface area (Å²) in [7, 11) is 2.39. The van der Waals surface area contributed by atoms with Gasteiger partial charge in [0.05, 0.1) is 24.4 Å². The van der Waals surface area contributed by atoms with Gasteiger partial charge in [-0.1, -0.05) is 30.3 Å². The number of ether oxygens (including phenoxy) is 2. The average Bonchev–Trinajstić information content (AvgIpc) is 2.82. The minimum absolute atomic E-state index is 0.296. The second-order valence-electron chi connectivity index (χ2n) is 7.49. The third-order valence-electron chi connectivity index (χ3n) is 5.31. The quantitative estimate of drug-likeness (QED) is 0.503. The van der Waals surface area contributed by atoms with Crippen LogP contribution in [0.15, 0.2) is 54.9 Å². The van der Waals surface area contributed by atoms with Crippen molar-refractivity contribution >= 4 is 12.3 Å². The SMILES string of the molecule is CO.COC(=O)C(C)(C)C1c2ccncc2Oc2nc(-c3ccc(C=O)cc3)ccc21. The number of rotatable bonds is 4. The van der Waals surface area contributed by atoms with Crippen molar-refractivity contribution in [1.29, 1.82) is 0 Å². The molecule has 1 aliphatic heterocycles. The van der Waals surface area contributed by atoms with Crippen LogP contribution < -0.4 is 4.74 Å². The minimum atomic E-state index is -0.835. The third-order valence-corrected chi connectivity index (χ3v) is 5.31. The molecule has 0 spiro atoms. The number of pyridine rings is 2. The zero-order valence-electron chi connectivity index (χ0n) is 17.8. The van der Waals surface area contributed by atoms with E-state index < -0.39 is 5.41 Å². The standard InChI is InChI=1S/C23H20N2O4.CH4O/c1-23(2,22(27)28-3)20-16-10-11-24-12-19(16)29-21-17(20)8-9-18(25-21)15-6-4-14(13-26)5-7-15;1-2/h4-13,20H,1-3H3;2H,1H3. The average molecular weight is 420 g/mol. The maximum atomic E-state index is 12.6. The Bertz CT molecular complexity index is 1090. The van der Waals surface area contributed by atoms with E-state index in [-0.39, 0.29) is 11.9 Å². The van der Waals surface area contributed by atoms with Crippen molar-refractivity contribution in [2.75, 3.05) is 14.2 Å². The Morgan fingerprint density at radius 1 is 1.10 bits per heavy atom. The van der Waals surface area contributed by atoms with Gasteiger partial charge in [0.1, 0.15) is 6.29 Å². The number of aliphatic hydroxyl groups is 1. The second-order valence-corrected chi connectivity index (χ2v) is 7.49. The van der Waals surface area contributed by atoms with Gasteiger partial charge in [-0.2, -0.15) is 0 Å². The molecule has 31 heavy (non-hydrogen) atoms. The molecule has 1 unspecified atom stereocenters. The van der Waals surface area contributed by atoms with E-state index in [0.29, 0.717) is 22.9 Å². The molecule has 160 valence electrons. The van der Waals surface area contributed by atoms with Crippen LogP contribution in [0.2, 0.25) is 0 Å². The molecule has 3 heterocycles. The Morgan fingerprint density at radius 2 is 1.81 bits per heavy atom. The minimum Gasteiger partial charge on any atom is -0.469 e. The molecule has 0 saturated carbocycles. The van der Waals surface area contributed by atoms with Gasteiger partial charge in [0.15, 0.2) is 5.75 Å². The number of aliphatic hydroxyl groups excluding tert-OH is 1. The lowest BCUT2D eigenvalue weighted by Crippen LogP contribution is -2.35. The molecule has 0 fully saturated rings. The summed E-state index contributed by atoms with van der Waals surface area (Å²) in [4.78, 5) is 32.3. The van der Waals surface area contributed by atoms with Crippen LogP contribution in [-0.2, 0) is 9.53 Å². The lowest BCUT2D eigenvalue weighted by atomic mass is 9.70. The molecule has 7 heteroatoms. The summed E-state index contributed by atoms with van der Waals surface area (Å²) in [6, 6.07) is 12.9. The number of aldehydes is 1. The van der Waals surface area contributed by atoms with Gasteiger partial charge in [-0.3, -0.25) is 14.6 Å². The zero-order chi connectivity index (χ0) is 22.6. The number of aromatic nitrogens is 2. The van der Waals surface area contributed by atoms with E-state index in [2.05, 4.69) is 4.98 Å². The molecule has 1 N–H and O–H groups in total. The van der Waals surface area contributed by atoms with Gasteiger partial charge in [0, 0.05) is 41.5 Å². The Kier molecular flexibility index (Phi) is 6.46. The van der Waals surface area contributed by atoms with Gasteiger partial charge in [0.2, 0.25) is 5.88 Å². The molecular formula is C24H24N2O5. The molecule has 0 radical (unpaired) electrons. The number of carbonyl (C=O) groups is 2. The highest BCUT2D eigenvalue weighted by atomic mass is 16.5. The first-order valence-electron chi connectivity index (χ1n) is 9.67. The van der Waals surface area contributed by atoms with Crippen LogP contribution in [0.4, 0.5) is 0 Å². The highest BCUT2D eigenvalue weighted by molar-refractivity contribution is 5.79. The number of hydrogen-bond acceptors (Lipinski definition) is 7. The van der Waals surface area contributed by atoms with Gasteiger partial charge < -0.3 is 14.6 Å². The molecule has 0 saturated heterocycles. The van der Waals surface area contributed by atoms with Crippen molar-refractivity contribution < 1.29 is 24.2 Å². The van der Waals surface area contributed by atoms with E-state index in [9.17, 15) is 9.59 Å².